The van der Waals surface area contributed by atoms with E-state index in [1.807, 2.05) is 4.90 Å². The standard InChI is InChI=1S/C17H29N3O2S/c1-12(18-3)15(21)19-14(6-11-23)16(22)20-10-9-17(13(20)2)7-4-5-8-17/h4-5,12-14,18,23H,6-11H2,1-3H3,(H,19,21)/t12-,13?,14?/m0/s1. The lowest BCUT2D eigenvalue weighted by Crippen LogP contribution is -2.54. The number of hydrogen-bond acceptors (Lipinski definition) is 4. The molecule has 0 saturated carbocycles. The van der Waals surface area contributed by atoms with Crippen molar-refractivity contribution in [3.05, 3.63) is 12.2 Å². The number of carbonyl (C=O) groups excluding carboxylic acids is 2. The Morgan fingerprint density at radius 3 is 2.61 bits per heavy atom. The molecule has 0 radical (unpaired) electrons. The molecule has 0 bridgehead atoms. The van der Waals surface area contributed by atoms with E-state index in [2.05, 4.69) is 42.3 Å². The maximum atomic E-state index is 13.0. The first-order valence-corrected chi connectivity index (χ1v) is 9.12. The van der Waals surface area contributed by atoms with Gasteiger partial charge in [-0.15, -0.1) is 0 Å². The average molecular weight is 340 g/mol. The monoisotopic (exact) mass is 339 g/mol. The first-order chi connectivity index (χ1) is 10.9. The first kappa shape index (κ1) is 18.3. The van der Waals surface area contributed by atoms with Gasteiger partial charge < -0.3 is 15.5 Å². The van der Waals surface area contributed by atoms with Gasteiger partial charge in [-0.05, 0) is 57.7 Å². The van der Waals surface area contributed by atoms with Gasteiger partial charge in [0.2, 0.25) is 11.8 Å². The van der Waals surface area contributed by atoms with Crippen LogP contribution in [0.2, 0.25) is 0 Å². The van der Waals surface area contributed by atoms with Gasteiger partial charge in [0, 0.05) is 12.6 Å². The lowest BCUT2D eigenvalue weighted by Gasteiger charge is -2.34. The summed E-state index contributed by atoms with van der Waals surface area (Å²) in [4.78, 5) is 27.1. The van der Waals surface area contributed by atoms with Crippen LogP contribution >= 0.6 is 12.6 Å². The van der Waals surface area contributed by atoms with E-state index in [1.165, 1.54) is 0 Å². The molecule has 1 aliphatic heterocycles. The molecule has 0 aromatic heterocycles. The fraction of sp³-hybridized carbons (Fsp3) is 0.765. The zero-order chi connectivity index (χ0) is 17.0. The number of likely N-dealkylation sites (tertiary alicyclic amines) is 1. The van der Waals surface area contributed by atoms with Gasteiger partial charge in [0.1, 0.15) is 6.04 Å². The van der Waals surface area contributed by atoms with Crippen molar-refractivity contribution in [2.45, 2.75) is 57.7 Å². The summed E-state index contributed by atoms with van der Waals surface area (Å²) in [7, 11) is 1.74. The highest BCUT2D eigenvalue weighted by Gasteiger charge is 2.47. The van der Waals surface area contributed by atoms with Crippen LogP contribution in [0.1, 0.15) is 39.5 Å². The van der Waals surface area contributed by atoms with Crippen LogP contribution in [0.4, 0.5) is 0 Å². The van der Waals surface area contributed by atoms with Crippen LogP contribution in [-0.4, -0.2) is 54.2 Å². The second-order valence-corrected chi connectivity index (χ2v) is 7.23. The highest BCUT2D eigenvalue weighted by molar-refractivity contribution is 7.80. The largest absolute Gasteiger partial charge is 0.343 e. The predicted octanol–water partition coefficient (Wildman–Crippen LogP) is 1.36. The van der Waals surface area contributed by atoms with Crippen molar-refractivity contribution in [2.75, 3.05) is 19.3 Å². The number of amides is 2. The third kappa shape index (κ3) is 3.74. The average Bonchev–Trinajstić information content (AvgIpc) is 3.14. The summed E-state index contributed by atoms with van der Waals surface area (Å²) in [6.45, 7) is 4.71. The molecule has 1 aliphatic carbocycles. The molecule has 23 heavy (non-hydrogen) atoms. The number of rotatable bonds is 6. The van der Waals surface area contributed by atoms with E-state index in [-0.39, 0.29) is 29.3 Å². The Hall–Kier alpha value is -1.01. The maximum absolute atomic E-state index is 13.0. The molecule has 2 rings (SSSR count). The van der Waals surface area contributed by atoms with E-state index in [0.717, 1.165) is 25.8 Å². The molecule has 1 saturated heterocycles. The van der Waals surface area contributed by atoms with Crippen LogP contribution in [-0.2, 0) is 9.59 Å². The predicted molar refractivity (Wildman–Crippen MR) is 95.5 cm³/mol. The number of carbonyl (C=O) groups is 2. The second-order valence-electron chi connectivity index (χ2n) is 6.78. The van der Waals surface area contributed by atoms with Gasteiger partial charge in [0.25, 0.3) is 0 Å². The molecule has 1 fully saturated rings. The summed E-state index contributed by atoms with van der Waals surface area (Å²) in [5.41, 5.74) is 0.212. The van der Waals surface area contributed by atoms with Crippen LogP contribution in [0, 0.1) is 5.41 Å². The molecule has 0 aromatic rings. The molecule has 130 valence electrons. The molecule has 2 amide bonds. The van der Waals surface area contributed by atoms with Crippen LogP contribution in [0.3, 0.4) is 0 Å². The molecule has 3 atom stereocenters. The summed E-state index contributed by atoms with van der Waals surface area (Å²) in [6.07, 6.45) is 8.16. The molecular weight excluding hydrogens is 310 g/mol. The topological polar surface area (TPSA) is 61.4 Å². The number of allylic oxidation sites excluding steroid dienone is 2. The highest BCUT2D eigenvalue weighted by Crippen LogP contribution is 2.46. The SMILES string of the molecule is CN[C@@H](C)C(=O)NC(CCS)C(=O)N1CCC2(CC=CC2)C1C. The summed E-state index contributed by atoms with van der Waals surface area (Å²) >= 11 is 4.25. The maximum Gasteiger partial charge on any atom is 0.245 e. The summed E-state index contributed by atoms with van der Waals surface area (Å²) in [5.74, 6) is 0.461. The van der Waals surface area contributed by atoms with Crippen molar-refractivity contribution in [1.29, 1.82) is 0 Å². The Morgan fingerprint density at radius 1 is 1.39 bits per heavy atom. The molecule has 1 heterocycles. The van der Waals surface area contributed by atoms with E-state index < -0.39 is 6.04 Å². The van der Waals surface area contributed by atoms with Gasteiger partial charge in [0.05, 0.1) is 6.04 Å². The molecule has 2 aliphatic rings. The van der Waals surface area contributed by atoms with E-state index in [0.29, 0.717) is 12.2 Å². The third-order valence-corrected chi connectivity index (χ3v) is 5.82. The van der Waals surface area contributed by atoms with Gasteiger partial charge in [-0.1, -0.05) is 12.2 Å². The van der Waals surface area contributed by atoms with E-state index in [1.54, 1.807) is 14.0 Å². The normalized spacial score (nSPS) is 24.9. The number of nitrogens with one attached hydrogen (secondary N) is 2. The van der Waals surface area contributed by atoms with Crippen LogP contribution in [0.15, 0.2) is 12.2 Å². The van der Waals surface area contributed by atoms with Gasteiger partial charge in [-0.25, -0.2) is 0 Å². The molecule has 2 unspecified atom stereocenters. The Morgan fingerprint density at radius 2 is 2.04 bits per heavy atom. The van der Waals surface area contributed by atoms with Crippen molar-refractivity contribution in [1.82, 2.24) is 15.5 Å². The Bertz CT molecular complexity index is 472. The fourth-order valence-corrected chi connectivity index (χ4v) is 3.91. The highest BCUT2D eigenvalue weighted by atomic mass is 32.1. The van der Waals surface area contributed by atoms with Gasteiger partial charge in [0.15, 0.2) is 0 Å². The molecule has 1 spiro atoms. The number of hydrogen-bond donors (Lipinski definition) is 3. The summed E-state index contributed by atoms with van der Waals surface area (Å²) in [5, 5.41) is 5.79. The minimum atomic E-state index is -0.484. The van der Waals surface area contributed by atoms with Crippen molar-refractivity contribution < 1.29 is 9.59 Å². The van der Waals surface area contributed by atoms with Crippen molar-refractivity contribution in [2.24, 2.45) is 5.41 Å². The molecule has 2 N–H and O–H groups in total. The van der Waals surface area contributed by atoms with E-state index in [9.17, 15) is 9.59 Å². The number of thiol groups is 1. The Kier molecular flexibility index (Phi) is 6.14. The van der Waals surface area contributed by atoms with Crippen LogP contribution in [0.5, 0.6) is 0 Å². The fourth-order valence-electron chi connectivity index (χ4n) is 3.66. The second kappa shape index (κ2) is 7.71. The minimum Gasteiger partial charge on any atom is -0.343 e. The van der Waals surface area contributed by atoms with Crippen molar-refractivity contribution in [3.8, 4) is 0 Å². The Balaban J connectivity index is 2.04. The van der Waals surface area contributed by atoms with E-state index >= 15 is 0 Å². The minimum absolute atomic E-state index is 0.0342. The van der Waals surface area contributed by atoms with Crippen molar-refractivity contribution >= 4 is 24.4 Å². The molecule has 0 aromatic carbocycles. The lowest BCUT2D eigenvalue weighted by molar-refractivity contribution is -0.138. The van der Waals surface area contributed by atoms with Gasteiger partial charge in [-0.3, -0.25) is 9.59 Å². The van der Waals surface area contributed by atoms with Crippen LogP contribution in [0.25, 0.3) is 0 Å². The quantitative estimate of drug-likeness (QED) is 0.506. The van der Waals surface area contributed by atoms with Crippen LogP contribution < -0.4 is 10.6 Å². The van der Waals surface area contributed by atoms with Crippen molar-refractivity contribution in [3.63, 3.8) is 0 Å². The number of likely N-dealkylation sites (N-methyl/N-ethyl adjacent to an activating group) is 1. The Labute approximate surface area is 144 Å². The lowest BCUT2D eigenvalue weighted by atomic mass is 9.79. The number of nitrogens with zero attached hydrogens (tertiary/aromatic N) is 1. The first-order valence-electron chi connectivity index (χ1n) is 8.49. The van der Waals surface area contributed by atoms with Gasteiger partial charge in [-0.2, -0.15) is 12.6 Å². The molecular formula is C17H29N3O2S. The summed E-state index contributed by atoms with van der Waals surface area (Å²) in [6, 6.07) is -0.583. The van der Waals surface area contributed by atoms with E-state index in [4.69, 9.17) is 0 Å². The zero-order valence-corrected chi connectivity index (χ0v) is 15.2. The third-order valence-electron chi connectivity index (χ3n) is 5.56. The molecule has 6 heteroatoms. The smallest absolute Gasteiger partial charge is 0.245 e. The van der Waals surface area contributed by atoms with Gasteiger partial charge >= 0.3 is 0 Å². The zero-order valence-electron chi connectivity index (χ0n) is 14.3. The summed E-state index contributed by atoms with van der Waals surface area (Å²) < 4.78 is 0. The molecule has 5 nitrogen and oxygen atoms in total.